The van der Waals surface area contributed by atoms with Gasteiger partial charge >= 0.3 is 5.97 Å². The van der Waals surface area contributed by atoms with E-state index in [1.807, 2.05) is 24.3 Å². The van der Waals surface area contributed by atoms with Crippen LogP contribution in [-0.2, 0) is 14.3 Å². The molecule has 1 fully saturated rings. The summed E-state index contributed by atoms with van der Waals surface area (Å²) in [6.07, 6.45) is 2.41. The van der Waals surface area contributed by atoms with E-state index in [9.17, 15) is 4.79 Å². The van der Waals surface area contributed by atoms with Crippen LogP contribution in [0.5, 0.6) is 0 Å². The fourth-order valence-electron chi connectivity index (χ4n) is 2.60. The van der Waals surface area contributed by atoms with Crippen LogP contribution in [0.25, 0.3) is 10.9 Å². The molecule has 1 atom stereocenters. The molecule has 0 bridgehead atoms. The monoisotopic (exact) mass is 347 g/mol. The minimum Gasteiger partial charge on any atom is -0.465 e. The van der Waals surface area contributed by atoms with Crippen LogP contribution < -0.4 is 5.32 Å². The first kappa shape index (κ1) is 17.0. The van der Waals surface area contributed by atoms with Crippen molar-refractivity contribution in [3.63, 3.8) is 0 Å². The van der Waals surface area contributed by atoms with Gasteiger partial charge in [-0.2, -0.15) is 0 Å². The van der Waals surface area contributed by atoms with Gasteiger partial charge in [0.05, 0.1) is 24.0 Å². The minimum absolute atomic E-state index is 0.206. The van der Waals surface area contributed by atoms with E-state index in [2.05, 4.69) is 15.3 Å². The SMILES string of the molecule is CCOC(=O)CSc1nc(NC[C@H]2CCCO2)c2ccccc2n1. The maximum Gasteiger partial charge on any atom is 0.316 e. The number of aromatic nitrogens is 2. The number of anilines is 1. The van der Waals surface area contributed by atoms with Gasteiger partial charge in [0.25, 0.3) is 0 Å². The molecule has 1 aliphatic heterocycles. The number of para-hydroxylation sites is 1. The van der Waals surface area contributed by atoms with Crippen LogP contribution in [0.3, 0.4) is 0 Å². The maximum atomic E-state index is 11.5. The lowest BCUT2D eigenvalue weighted by Gasteiger charge is -2.13. The Kier molecular flexibility index (Phi) is 5.87. The second-order valence-electron chi connectivity index (χ2n) is 5.48. The third kappa shape index (κ3) is 4.36. The smallest absolute Gasteiger partial charge is 0.316 e. The highest BCUT2D eigenvalue weighted by molar-refractivity contribution is 7.99. The van der Waals surface area contributed by atoms with Gasteiger partial charge in [0.1, 0.15) is 5.82 Å². The first-order valence-corrected chi connectivity index (χ1v) is 9.15. The van der Waals surface area contributed by atoms with Crippen molar-refractivity contribution >= 4 is 34.5 Å². The van der Waals surface area contributed by atoms with Gasteiger partial charge in [-0.3, -0.25) is 4.79 Å². The summed E-state index contributed by atoms with van der Waals surface area (Å²) in [4.78, 5) is 20.6. The first-order valence-electron chi connectivity index (χ1n) is 8.17. The van der Waals surface area contributed by atoms with Gasteiger partial charge in [-0.15, -0.1) is 0 Å². The van der Waals surface area contributed by atoms with Crippen LogP contribution in [0.15, 0.2) is 29.4 Å². The third-order valence-electron chi connectivity index (χ3n) is 3.73. The average molecular weight is 347 g/mol. The Bertz CT molecular complexity index is 705. The molecule has 1 saturated heterocycles. The molecule has 0 unspecified atom stereocenters. The molecule has 0 saturated carbocycles. The Morgan fingerprint density at radius 3 is 3.08 bits per heavy atom. The Hall–Kier alpha value is -1.86. The molecule has 2 heterocycles. The van der Waals surface area contributed by atoms with E-state index in [0.717, 1.165) is 42.7 Å². The lowest BCUT2D eigenvalue weighted by molar-refractivity contribution is -0.139. The van der Waals surface area contributed by atoms with Crippen molar-refractivity contribution in [1.29, 1.82) is 0 Å². The zero-order valence-electron chi connectivity index (χ0n) is 13.7. The van der Waals surface area contributed by atoms with E-state index in [0.29, 0.717) is 11.8 Å². The largest absolute Gasteiger partial charge is 0.465 e. The number of nitrogens with one attached hydrogen (secondary N) is 1. The van der Waals surface area contributed by atoms with Gasteiger partial charge in [0.2, 0.25) is 0 Å². The molecule has 1 N–H and O–H groups in total. The van der Waals surface area contributed by atoms with Crippen LogP contribution in [0.1, 0.15) is 19.8 Å². The number of hydrogen-bond donors (Lipinski definition) is 1. The van der Waals surface area contributed by atoms with Crippen molar-refractivity contribution in [3.05, 3.63) is 24.3 Å². The van der Waals surface area contributed by atoms with Crippen molar-refractivity contribution in [1.82, 2.24) is 9.97 Å². The van der Waals surface area contributed by atoms with Crippen LogP contribution in [0.2, 0.25) is 0 Å². The Morgan fingerprint density at radius 2 is 2.29 bits per heavy atom. The minimum atomic E-state index is -0.256. The second kappa shape index (κ2) is 8.30. The lowest BCUT2D eigenvalue weighted by Crippen LogP contribution is -2.19. The van der Waals surface area contributed by atoms with Crippen molar-refractivity contribution in [2.75, 3.05) is 30.8 Å². The number of rotatable bonds is 7. The first-order chi connectivity index (χ1) is 11.8. The number of benzene rings is 1. The number of ether oxygens (including phenoxy) is 2. The summed E-state index contributed by atoms with van der Waals surface area (Å²) < 4.78 is 10.6. The highest BCUT2D eigenvalue weighted by atomic mass is 32.2. The molecule has 24 heavy (non-hydrogen) atoms. The average Bonchev–Trinajstić information content (AvgIpc) is 3.11. The van der Waals surface area contributed by atoms with Crippen molar-refractivity contribution in [2.45, 2.75) is 31.0 Å². The van der Waals surface area contributed by atoms with Gasteiger partial charge in [-0.1, -0.05) is 23.9 Å². The van der Waals surface area contributed by atoms with Gasteiger partial charge in [-0.25, -0.2) is 9.97 Å². The number of esters is 1. The van der Waals surface area contributed by atoms with E-state index in [1.165, 1.54) is 11.8 Å². The number of hydrogen-bond acceptors (Lipinski definition) is 7. The standard InChI is InChI=1S/C17H21N3O3S/c1-2-22-15(21)11-24-17-19-14-8-4-3-7-13(14)16(20-17)18-10-12-6-5-9-23-12/h3-4,7-8,12H,2,5-6,9-11H2,1H3,(H,18,19,20)/t12-/m1/s1. The van der Waals surface area contributed by atoms with Gasteiger partial charge in [0.15, 0.2) is 5.16 Å². The molecule has 0 spiro atoms. The summed E-state index contributed by atoms with van der Waals surface area (Å²) in [6, 6.07) is 7.85. The summed E-state index contributed by atoms with van der Waals surface area (Å²) in [6.45, 7) is 3.73. The summed E-state index contributed by atoms with van der Waals surface area (Å²) in [5.41, 5.74) is 0.855. The summed E-state index contributed by atoms with van der Waals surface area (Å²) in [5.74, 6) is 0.729. The predicted molar refractivity (Wildman–Crippen MR) is 94.4 cm³/mol. The molecule has 0 radical (unpaired) electrons. The molecule has 2 aromatic rings. The second-order valence-corrected chi connectivity index (χ2v) is 6.42. The zero-order valence-corrected chi connectivity index (χ0v) is 14.5. The van der Waals surface area contributed by atoms with E-state index in [1.54, 1.807) is 6.92 Å². The lowest BCUT2D eigenvalue weighted by atomic mass is 10.2. The fraction of sp³-hybridized carbons (Fsp3) is 0.471. The zero-order chi connectivity index (χ0) is 16.8. The van der Waals surface area contributed by atoms with Crippen LogP contribution in [0.4, 0.5) is 5.82 Å². The van der Waals surface area contributed by atoms with Crippen molar-refractivity contribution < 1.29 is 14.3 Å². The predicted octanol–water partition coefficient (Wildman–Crippen LogP) is 2.88. The highest BCUT2D eigenvalue weighted by Crippen LogP contribution is 2.25. The molecule has 7 heteroatoms. The Morgan fingerprint density at radius 1 is 1.42 bits per heavy atom. The summed E-state index contributed by atoms with van der Waals surface area (Å²) in [5, 5.41) is 4.91. The molecule has 6 nitrogen and oxygen atoms in total. The molecular weight excluding hydrogens is 326 g/mol. The molecule has 1 aromatic heterocycles. The number of nitrogens with zero attached hydrogens (tertiary/aromatic N) is 2. The summed E-state index contributed by atoms with van der Waals surface area (Å²) >= 11 is 1.29. The van der Waals surface area contributed by atoms with Gasteiger partial charge < -0.3 is 14.8 Å². The van der Waals surface area contributed by atoms with E-state index in [-0.39, 0.29) is 17.8 Å². The highest BCUT2D eigenvalue weighted by Gasteiger charge is 2.16. The normalized spacial score (nSPS) is 17.1. The Balaban J connectivity index is 1.75. The van der Waals surface area contributed by atoms with Crippen LogP contribution >= 0.6 is 11.8 Å². The molecule has 128 valence electrons. The van der Waals surface area contributed by atoms with E-state index in [4.69, 9.17) is 9.47 Å². The molecular formula is C17H21N3O3S. The van der Waals surface area contributed by atoms with Crippen molar-refractivity contribution in [3.8, 4) is 0 Å². The molecule has 0 aliphatic carbocycles. The number of carbonyl (C=O) groups is 1. The quantitative estimate of drug-likeness (QED) is 0.469. The van der Waals surface area contributed by atoms with Crippen molar-refractivity contribution in [2.24, 2.45) is 0 Å². The molecule has 3 rings (SSSR count). The fourth-order valence-corrected chi connectivity index (χ4v) is 3.25. The van der Waals surface area contributed by atoms with Crippen LogP contribution in [-0.4, -0.2) is 47.6 Å². The third-order valence-corrected chi connectivity index (χ3v) is 4.55. The molecule has 0 amide bonds. The number of thioether (sulfide) groups is 1. The van der Waals surface area contributed by atoms with E-state index >= 15 is 0 Å². The van der Waals surface area contributed by atoms with Gasteiger partial charge in [-0.05, 0) is 31.9 Å². The van der Waals surface area contributed by atoms with Gasteiger partial charge in [0, 0.05) is 18.5 Å². The number of fused-ring (bicyclic) bond motifs is 1. The van der Waals surface area contributed by atoms with Crippen LogP contribution in [0, 0.1) is 0 Å². The summed E-state index contributed by atoms with van der Waals surface area (Å²) in [7, 11) is 0. The topological polar surface area (TPSA) is 73.3 Å². The molecule has 1 aliphatic rings. The molecule has 1 aromatic carbocycles. The Labute approximate surface area is 145 Å². The number of carbonyl (C=O) groups excluding carboxylic acids is 1. The maximum absolute atomic E-state index is 11.5. The van der Waals surface area contributed by atoms with E-state index < -0.39 is 0 Å².